The third-order valence-electron chi connectivity index (χ3n) is 4.55. The zero-order chi connectivity index (χ0) is 22.5. The Hall–Kier alpha value is -3.70. The second-order valence-electron chi connectivity index (χ2n) is 7.23. The van der Waals surface area contributed by atoms with Crippen LogP contribution in [0.2, 0.25) is 0 Å². The smallest absolute Gasteiger partial charge is 0.338 e. The third-order valence-corrected chi connectivity index (χ3v) is 4.55. The van der Waals surface area contributed by atoms with Gasteiger partial charge >= 0.3 is 5.97 Å². The number of hydrogen-bond donors (Lipinski definition) is 1. The van der Waals surface area contributed by atoms with Crippen LogP contribution in [0.3, 0.4) is 0 Å². The summed E-state index contributed by atoms with van der Waals surface area (Å²) >= 11 is 0. The van der Waals surface area contributed by atoms with Gasteiger partial charge in [0.15, 0.2) is 0 Å². The van der Waals surface area contributed by atoms with E-state index >= 15 is 0 Å². The average molecular weight is 418 g/mol. The summed E-state index contributed by atoms with van der Waals surface area (Å²) in [4.78, 5) is 11.6. The number of aliphatic hydroxyl groups is 1. The molecule has 3 aromatic carbocycles. The maximum Gasteiger partial charge on any atom is 0.338 e. The second kappa shape index (κ2) is 9.41. The van der Waals surface area contributed by atoms with Crippen molar-refractivity contribution in [2.45, 2.75) is 20.1 Å². The van der Waals surface area contributed by atoms with E-state index in [1.807, 2.05) is 36.4 Å². The molecule has 3 rings (SSSR count). The molecule has 1 N–H and O–H groups in total. The first kappa shape index (κ1) is 22.0. The first-order chi connectivity index (χ1) is 14.7. The Labute approximate surface area is 180 Å². The lowest BCUT2D eigenvalue weighted by Crippen LogP contribution is -2.15. The van der Waals surface area contributed by atoms with Gasteiger partial charge in [0.2, 0.25) is 6.29 Å². The number of halogens is 1. The van der Waals surface area contributed by atoms with E-state index in [1.165, 1.54) is 13.0 Å². The summed E-state index contributed by atoms with van der Waals surface area (Å²) in [7, 11) is 0. The molecule has 1 unspecified atom stereocenters. The zero-order valence-corrected chi connectivity index (χ0v) is 17.4. The van der Waals surface area contributed by atoms with E-state index in [0.717, 1.165) is 11.1 Å². The van der Waals surface area contributed by atoms with Gasteiger partial charge in [-0.25, -0.2) is 9.18 Å². The Morgan fingerprint density at radius 1 is 0.871 bits per heavy atom. The standard InChI is InChI=1S/C26H23FO4/c1-16(2)25(28)30-21-11-9-19(10-12-21)18-5-7-20(8-6-18)23-14-13-22(15-24(23)27)31-26(29)17(3)4/h5-15,25,28H,1,3H2,2,4H3. The molecule has 158 valence electrons. The van der Waals surface area contributed by atoms with Crippen LogP contribution in [0.1, 0.15) is 13.8 Å². The summed E-state index contributed by atoms with van der Waals surface area (Å²) < 4.78 is 25.0. The van der Waals surface area contributed by atoms with E-state index in [9.17, 15) is 14.3 Å². The van der Waals surface area contributed by atoms with Crippen LogP contribution in [-0.2, 0) is 4.79 Å². The molecule has 0 aliphatic carbocycles. The highest BCUT2D eigenvalue weighted by Crippen LogP contribution is 2.30. The maximum absolute atomic E-state index is 14.6. The number of carbonyl (C=O) groups is 1. The molecule has 0 radical (unpaired) electrons. The molecule has 0 saturated carbocycles. The lowest BCUT2D eigenvalue weighted by molar-refractivity contribution is -0.130. The van der Waals surface area contributed by atoms with Crippen molar-refractivity contribution in [1.82, 2.24) is 0 Å². The number of carbonyl (C=O) groups excluding carboxylic acids is 1. The van der Waals surface area contributed by atoms with E-state index in [2.05, 4.69) is 13.2 Å². The van der Waals surface area contributed by atoms with Crippen LogP contribution in [0, 0.1) is 5.82 Å². The van der Waals surface area contributed by atoms with Crippen LogP contribution in [-0.4, -0.2) is 17.4 Å². The largest absolute Gasteiger partial charge is 0.461 e. The van der Waals surface area contributed by atoms with E-state index in [1.54, 1.807) is 31.2 Å². The highest BCUT2D eigenvalue weighted by atomic mass is 19.1. The maximum atomic E-state index is 14.6. The van der Waals surface area contributed by atoms with Crippen LogP contribution in [0.15, 0.2) is 91.0 Å². The number of esters is 1. The molecule has 0 aromatic heterocycles. The number of aliphatic hydroxyl groups excluding tert-OH is 1. The number of rotatable bonds is 7. The first-order valence-corrected chi connectivity index (χ1v) is 9.63. The van der Waals surface area contributed by atoms with E-state index in [0.29, 0.717) is 22.4 Å². The quantitative estimate of drug-likeness (QED) is 0.170. The van der Waals surface area contributed by atoms with Crippen molar-refractivity contribution in [3.63, 3.8) is 0 Å². The van der Waals surface area contributed by atoms with Crippen LogP contribution < -0.4 is 9.47 Å². The summed E-state index contributed by atoms with van der Waals surface area (Å²) in [6, 6.07) is 19.0. The second-order valence-corrected chi connectivity index (χ2v) is 7.23. The highest BCUT2D eigenvalue weighted by Gasteiger charge is 2.11. The molecule has 0 amide bonds. The summed E-state index contributed by atoms with van der Waals surface area (Å²) in [5.74, 6) is -0.422. The molecule has 5 heteroatoms. The Balaban J connectivity index is 1.75. The summed E-state index contributed by atoms with van der Waals surface area (Å²) in [6.45, 7) is 10.4. The Morgan fingerprint density at radius 2 is 1.39 bits per heavy atom. The number of benzene rings is 3. The van der Waals surface area contributed by atoms with Gasteiger partial charge in [-0.1, -0.05) is 49.6 Å². The van der Waals surface area contributed by atoms with Crippen molar-refractivity contribution in [3.8, 4) is 33.8 Å². The van der Waals surface area contributed by atoms with Crippen LogP contribution in [0.25, 0.3) is 22.3 Å². The monoisotopic (exact) mass is 418 g/mol. The minimum atomic E-state index is -1.05. The van der Waals surface area contributed by atoms with E-state index < -0.39 is 18.1 Å². The van der Waals surface area contributed by atoms with Crippen molar-refractivity contribution in [3.05, 3.63) is 96.9 Å². The van der Waals surface area contributed by atoms with Gasteiger partial charge < -0.3 is 14.6 Å². The Bertz CT molecular complexity index is 1120. The predicted octanol–water partition coefficient (Wildman–Crippen LogP) is 5.91. The summed E-state index contributed by atoms with van der Waals surface area (Å²) in [5, 5.41) is 9.73. The first-order valence-electron chi connectivity index (χ1n) is 9.63. The summed E-state index contributed by atoms with van der Waals surface area (Å²) in [6.07, 6.45) is -1.05. The van der Waals surface area contributed by atoms with Crippen LogP contribution >= 0.6 is 0 Å². The van der Waals surface area contributed by atoms with Crippen molar-refractivity contribution in [2.75, 3.05) is 0 Å². The molecule has 0 fully saturated rings. The van der Waals surface area contributed by atoms with Gasteiger partial charge in [-0.05, 0) is 60.4 Å². The van der Waals surface area contributed by atoms with Gasteiger partial charge in [0.25, 0.3) is 0 Å². The number of hydrogen-bond acceptors (Lipinski definition) is 4. The average Bonchev–Trinajstić information content (AvgIpc) is 2.74. The molecular formula is C26H23FO4. The van der Waals surface area contributed by atoms with Gasteiger partial charge in [-0.3, -0.25) is 0 Å². The minimum Gasteiger partial charge on any atom is -0.461 e. The molecule has 3 aromatic rings. The highest BCUT2D eigenvalue weighted by molar-refractivity contribution is 5.88. The minimum absolute atomic E-state index is 0.130. The molecule has 1 atom stereocenters. The van der Waals surface area contributed by atoms with Crippen molar-refractivity contribution in [2.24, 2.45) is 0 Å². The normalized spacial score (nSPS) is 11.5. The zero-order valence-electron chi connectivity index (χ0n) is 17.4. The molecule has 0 bridgehead atoms. The van der Waals surface area contributed by atoms with E-state index in [4.69, 9.17) is 9.47 Å². The van der Waals surface area contributed by atoms with Crippen molar-refractivity contribution in [1.29, 1.82) is 0 Å². The topological polar surface area (TPSA) is 55.8 Å². The predicted molar refractivity (Wildman–Crippen MR) is 119 cm³/mol. The van der Waals surface area contributed by atoms with Crippen molar-refractivity contribution < 1.29 is 23.8 Å². The molecule has 0 heterocycles. The molecule has 4 nitrogen and oxygen atoms in total. The fourth-order valence-corrected chi connectivity index (χ4v) is 2.79. The van der Waals surface area contributed by atoms with Gasteiger partial charge in [-0.2, -0.15) is 0 Å². The van der Waals surface area contributed by atoms with Gasteiger partial charge in [-0.15, -0.1) is 0 Å². The molecule has 0 aliphatic rings. The van der Waals surface area contributed by atoms with Gasteiger partial charge in [0, 0.05) is 17.2 Å². The molecule has 0 aliphatic heterocycles. The molecular weight excluding hydrogens is 395 g/mol. The van der Waals surface area contributed by atoms with Gasteiger partial charge in [0.1, 0.15) is 17.3 Å². The Kier molecular flexibility index (Phi) is 6.68. The van der Waals surface area contributed by atoms with E-state index in [-0.39, 0.29) is 11.3 Å². The summed E-state index contributed by atoms with van der Waals surface area (Å²) in [5.41, 5.74) is 3.76. The molecule has 31 heavy (non-hydrogen) atoms. The lowest BCUT2D eigenvalue weighted by Gasteiger charge is -2.13. The van der Waals surface area contributed by atoms with Crippen LogP contribution in [0.4, 0.5) is 4.39 Å². The van der Waals surface area contributed by atoms with Crippen molar-refractivity contribution >= 4 is 5.97 Å². The lowest BCUT2D eigenvalue weighted by atomic mass is 10.00. The Morgan fingerprint density at radius 3 is 1.90 bits per heavy atom. The fraction of sp³-hybridized carbons (Fsp3) is 0.115. The number of ether oxygens (including phenoxy) is 2. The fourth-order valence-electron chi connectivity index (χ4n) is 2.79. The molecule has 0 spiro atoms. The van der Waals surface area contributed by atoms with Gasteiger partial charge in [0.05, 0.1) is 0 Å². The van der Waals surface area contributed by atoms with Crippen LogP contribution in [0.5, 0.6) is 11.5 Å². The third kappa shape index (κ3) is 5.47. The molecule has 0 saturated heterocycles. The SMILES string of the molecule is C=C(C)C(=O)Oc1ccc(-c2ccc(-c3ccc(OC(O)C(=C)C)cc3)cc2)c(F)c1.